The second-order valence-electron chi connectivity index (χ2n) is 3.31. The summed E-state index contributed by atoms with van der Waals surface area (Å²) in [4.78, 5) is 0. The molecule has 1 atom stereocenters. The topological polar surface area (TPSA) is 12.0 Å². The molecule has 0 aromatic rings. The van der Waals surface area contributed by atoms with E-state index in [1.807, 2.05) is 0 Å². The Labute approximate surface area is 66.2 Å². The lowest BCUT2D eigenvalue weighted by Crippen LogP contribution is -2.48. The molecule has 1 aliphatic rings. The van der Waals surface area contributed by atoms with E-state index in [0.29, 0.717) is 12.8 Å². The monoisotopic (exact) mass is 163 g/mol. The van der Waals surface area contributed by atoms with E-state index in [1.54, 1.807) is 14.0 Å². The van der Waals surface area contributed by atoms with Crippen LogP contribution in [0.3, 0.4) is 0 Å². The van der Waals surface area contributed by atoms with Gasteiger partial charge in [0.25, 0.3) is 5.92 Å². The van der Waals surface area contributed by atoms with Crippen molar-refractivity contribution >= 4 is 0 Å². The van der Waals surface area contributed by atoms with E-state index in [4.69, 9.17) is 0 Å². The van der Waals surface area contributed by atoms with Crippen molar-refractivity contribution in [2.24, 2.45) is 5.92 Å². The summed E-state index contributed by atoms with van der Waals surface area (Å²) in [5.74, 6) is -2.88. The van der Waals surface area contributed by atoms with Gasteiger partial charge in [-0.1, -0.05) is 6.42 Å². The van der Waals surface area contributed by atoms with Crippen molar-refractivity contribution in [3.8, 4) is 0 Å². The first-order valence-electron chi connectivity index (χ1n) is 4.14. The lowest BCUT2D eigenvalue weighted by atomic mass is 9.78. The van der Waals surface area contributed by atoms with Gasteiger partial charge in [-0.25, -0.2) is 8.78 Å². The molecular formula is C8H15F2N. The first kappa shape index (κ1) is 8.91. The predicted octanol–water partition coefficient (Wildman–Crippen LogP) is 2.03. The molecule has 0 spiro atoms. The van der Waals surface area contributed by atoms with E-state index in [1.165, 1.54) is 0 Å². The van der Waals surface area contributed by atoms with Gasteiger partial charge < -0.3 is 5.32 Å². The molecule has 0 radical (unpaired) electrons. The number of halogens is 2. The van der Waals surface area contributed by atoms with E-state index >= 15 is 0 Å². The third kappa shape index (κ3) is 1.53. The van der Waals surface area contributed by atoms with Gasteiger partial charge in [0.15, 0.2) is 0 Å². The van der Waals surface area contributed by atoms with Gasteiger partial charge in [-0.3, -0.25) is 0 Å². The van der Waals surface area contributed by atoms with Crippen molar-refractivity contribution in [3.63, 3.8) is 0 Å². The zero-order valence-corrected chi connectivity index (χ0v) is 7.03. The second kappa shape index (κ2) is 3.05. The van der Waals surface area contributed by atoms with E-state index in [2.05, 4.69) is 5.32 Å². The highest BCUT2D eigenvalue weighted by Gasteiger charge is 2.46. The van der Waals surface area contributed by atoms with Gasteiger partial charge in [-0.05, 0) is 26.8 Å². The maximum Gasteiger partial charge on any atom is 0.265 e. The summed E-state index contributed by atoms with van der Waals surface area (Å²) in [7, 11) is 1.58. The Morgan fingerprint density at radius 3 is 2.27 bits per heavy atom. The SMILES string of the molecule is CNC(C)C(F)(F)C1CCC1. The van der Waals surface area contributed by atoms with Crippen LogP contribution < -0.4 is 5.32 Å². The van der Waals surface area contributed by atoms with Crippen LogP contribution in [0.2, 0.25) is 0 Å². The van der Waals surface area contributed by atoms with Crippen molar-refractivity contribution in [2.75, 3.05) is 7.05 Å². The molecule has 0 aliphatic heterocycles. The van der Waals surface area contributed by atoms with Crippen molar-refractivity contribution in [1.29, 1.82) is 0 Å². The average molecular weight is 163 g/mol. The number of nitrogens with one attached hydrogen (secondary N) is 1. The first-order valence-corrected chi connectivity index (χ1v) is 4.14. The fraction of sp³-hybridized carbons (Fsp3) is 1.00. The quantitative estimate of drug-likeness (QED) is 0.671. The van der Waals surface area contributed by atoms with E-state index in [9.17, 15) is 8.78 Å². The normalized spacial score (nSPS) is 22.9. The molecule has 1 nitrogen and oxygen atoms in total. The molecular weight excluding hydrogens is 148 g/mol. The van der Waals surface area contributed by atoms with Crippen LogP contribution in [0.25, 0.3) is 0 Å². The molecule has 0 aromatic heterocycles. The number of hydrogen-bond donors (Lipinski definition) is 1. The molecule has 11 heavy (non-hydrogen) atoms. The Bertz CT molecular complexity index is 125. The summed E-state index contributed by atoms with van der Waals surface area (Å²) < 4.78 is 26.4. The lowest BCUT2D eigenvalue weighted by Gasteiger charge is -2.36. The Morgan fingerprint density at radius 1 is 1.45 bits per heavy atom. The van der Waals surface area contributed by atoms with Gasteiger partial charge in [0, 0.05) is 5.92 Å². The maximum atomic E-state index is 13.2. The molecule has 0 saturated heterocycles. The summed E-state index contributed by atoms with van der Waals surface area (Å²) in [5, 5.41) is 2.60. The number of rotatable bonds is 3. The molecule has 1 saturated carbocycles. The Balaban J connectivity index is 2.49. The van der Waals surface area contributed by atoms with Gasteiger partial charge in [0.05, 0.1) is 6.04 Å². The highest BCUT2D eigenvalue weighted by Crippen LogP contribution is 2.41. The average Bonchev–Trinajstić information content (AvgIpc) is 1.81. The van der Waals surface area contributed by atoms with Crippen LogP contribution in [0.15, 0.2) is 0 Å². The predicted molar refractivity (Wildman–Crippen MR) is 40.8 cm³/mol. The second-order valence-corrected chi connectivity index (χ2v) is 3.31. The Hall–Kier alpha value is -0.180. The molecule has 0 heterocycles. The zero-order chi connectivity index (χ0) is 8.48. The standard InChI is InChI=1S/C8H15F2N/c1-6(11-2)8(9,10)7-4-3-5-7/h6-7,11H,3-5H2,1-2H3. The summed E-state index contributed by atoms with van der Waals surface area (Å²) in [6.07, 6.45) is 2.36. The molecule has 3 heteroatoms. The van der Waals surface area contributed by atoms with Crippen molar-refractivity contribution < 1.29 is 8.78 Å². The van der Waals surface area contributed by atoms with E-state index in [-0.39, 0.29) is 5.92 Å². The van der Waals surface area contributed by atoms with E-state index in [0.717, 1.165) is 6.42 Å². The van der Waals surface area contributed by atoms with Crippen LogP contribution in [-0.2, 0) is 0 Å². The summed E-state index contributed by atoms with van der Waals surface area (Å²) in [6.45, 7) is 1.54. The molecule has 1 N–H and O–H groups in total. The Morgan fingerprint density at radius 2 is 2.00 bits per heavy atom. The van der Waals surface area contributed by atoms with Crippen molar-refractivity contribution in [1.82, 2.24) is 5.32 Å². The van der Waals surface area contributed by atoms with Crippen LogP contribution in [0.1, 0.15) is 26.2 Å². The third-order valence-electron chi connectivity index (χ3n) is 2.66. The van der Waals surface area contributed by atoms with Crippen LogP contribution in [-0.4, -0.2) is 19.0 Å². The van der Waals surface area contributed by atoms with Gasteiger partial charge in [0.1, 0.15) is 0 Å². The van der Waals surface area contributed by atoms with Crippen molar-refractivity contribution in [2.45, 2.75) is 38.2 Å². The van der Waals surface area contributed by atoms with Gasteiger partial charge >= 0.3 is 0 Å². The molecule has 1 fully saturated rings. The third-order valence-corrected chi connectivity index (χ3v) is 2.66. The molecule has 1 aliphatic carbocycles. The zero-order valence-electron chi connectivity index (χ0n) is 7.03. The lowest BCUT2D eigenvalue weighted by molar-refractivity contribution is -0.109. The van der Waals surface area contributed by atoms with Gasteiger partial charge in [-0.15, -0.1) is 0 Å². The highest BCUT2D eigenvalue weighted by atomic mass is 19.3. The van der Waals surface area contributed by atoms with Gasteiger partial charge in [0.2, 0.25) is 0 Å². The minimum Gasteiger partial charge on any atom is -0.312 e. The molecule has 1 unspecified atom stereocenters. The minimum absolute atomic E-state index is 0.370. The highest BCUT2D eigenvalue weighted by molar-refractivity contribution is 4.90. The van der Waals surface area contributed by atoms with Gasteiger partial charge in [-0.2, -0.15) is 0 Å². The molecule has 0 bridgehead atoms. The summed E-state index contributed by atoms with van der Waals surface area (Å²) in [6, 6.07) is -0.687. The smallest absolute Gasteiger partial charge is 0.265 e. The Kier molecular flexibility index (Phi) is 2.47. The fourth-order valence-electron chi connectivity index (χ4n) is 1.34. The number of hydrogen-bond acceptors (Lipinski definition) is 1. The maximum absolute atomic E-state index is 13.2. The van der Waals surface area contributed by atoms with Crippen molar-refractivity contribution in [3.05, 3.63) is 0 Å². The minimum atomic E-state index is -2.51. The van der Waals surface area contributed by atoms with Crippen LogP contribution >= 0.6 is 0 Å². The largest absolute Gasteiger partial charge is 0.312 e. The van der Waals surface area contributed by atoms with Crippen LogP contribution in [0, 0.1) is 5.92 Å². The first-order chi connectivity index (χ1) is 5.09. The molecule has 66 valence electrons. The van der Waals surface area contributed by atoms with Crippen LogP contribution in [0.5, 0.6) is 0 Å². The molecule has 1 rings (SSSR count). The van der Waals surface area contributed by atoms with Crippen LogP contribution in [0.4, 0.5) is 8.78 Å². The summed E-state index contributed by atoms with van der Waals surface area (Å²) >= 11 is 0. The summed E-state index contributed by atoms with van der Waals surface area (Å²) in [5.41, 5.74) is 0. The molecule has 0 amide bonds. The fourth-order valence-corrected chi connectivity index (χ4v) is 1.34. The number of alkyl halides is 2. The molecule has 0 aromatic carbocycles. The van der Waals surface area contributed by atoms with E-state index < -0.39 is 12.0 Å².